The minimum absolute atomic E-state index is 0.390. The zero-order valence-corrected chi connectivity index (χ0v) is 37.3. The second-order valence-corrected chi connectivity index (χ2v) is 18.0. The van der Waals surface area contributed by atoms with E-state index in [4.69, 9.17) is 0 Å². The van der Waals surface area contributed by atoms with Crippen LogP contribution in [0.3, 0.4) is 0 Å². The first-order valence-electron chi connectivity index (χ1n) is 19.9. The Morgan fingerprint density at radius 1 is 0.389 bits per heavy atom. The van der Waals surface area contributed by atoms with E-state index in [9.17, 15) is 23.8 Å². The van der Waals surface area contributed by atoms with Crippen LogP contribution in [0.5, 0.6) is 0 Å². The largest absolute Gasteiger partial charge is 0.790 e. The number of hydrogen-bond donors (Lipinski definition) is 0. The summed E-state index contributed by atoms with van der Waals surface area (Å²) in [6, 6.07) is 0. The molecule has 0 saturated carbocycles. The van der Waals surface area contributed by atoms with Crippen molar-refractivity contribution < 1.29 is 32.6 Å². The average molecular weight is 788 g/mol. The van der Waals surface area contributed by atoms with E-state index in [-0.39, 0.29) is 0 Å². The van der Waals surface area contributed by atoms with Crippen LogP contribution in [-0.2, 0) is 18.0 Å². The fourth-order valence-electron chi connectivity index (χ4n) is 5.65. The Balaban J connectivity index is 4.29. The zero-order chi connectivity index (χ0) is 41.0. The predicted molar refractivity (Wildman–Crippen MR) is 226 cm³/mol. The third kappa shape index (κ3) is 34.4. The van der Waals surface area contributed by atoms with Crippen LogP contribution in [0.2, 0.25) is 0 Å². The summed E-state index contributed by atoms with van der Waals surface area (Å²) in [4.78, 5) is 32.2. The first-order valence-corrected chi connectivity index (χ1v) is 22.8. The second kappa shape index (κ2) is 30.1. The molecule has 0 fully saturated rings. The average Bonchev–Trinajstić information content (AvgIpc) is 3.03. The molecule has 308 valence electrons. The number of allylic oxidation sites excluding steroid dienone is 17. The van der Waals surface area contributed by atoms with Crippen molar-refractivity contribution in [2.45, 2.75) is 172 Å². The number of rotatable bonds is 29. The van der Waals surface area contributed by atoms with Crippen LogP contribution in [0.25, 0.3) is 0 Å². The van der Waals surface area contributed by atoms with E-state index < -0.39 is 22.3 Å². The Morgan fingerprint density at radius 3 is 0.833 bits per heavy atom. The van der Waals surface area contributed by atoms with Gasteiger partial charge in [-0.1, -0.05) is 105 Å². The molecule has 0 aromatic rings. The minimum Gasteiger partial charge on any atom is -0.790 e. The SMILES string of the molecule is CC(C)=CCC/C(C)=C/CC/C(C)=C\CC/C(C)=C\CC/C(C)=C/CC/C(C)=C/CC/C(C)=C/CC/C(C)=C/CC/C(C)=C/COP(=O)([O-])OP(=O)([O-])[O-]. The van der Waals surface area contributed by atoms with Gasteiger partial charge >= 0.3 is 0 Å². The summed E-state index contributed by atoms with van der Waals surface area (Å²) >= 11 is 0. The Labute approximate surface area is 330 Å². The highest BCUT2D eigenvalue weighted by molar-refractivity contribution is 7.58. The van der Waals surface area contributed by atoms with Gasteiger partial charge in [0.05, 0.1) is 14.4 Å². The molecule has 0 spiro atoms. The van der Waals surface area contributed by atoms with Crippen LogP contribution in [-0.4, -0.2) is 6.61 Å². The molecule has 0 N–H and O–H groups in total. The van der Waals surface area contributed by atoms with Crippen molar-refractivity contribution in [3.63, 3.8) is 0 Å². The smallest absolute Gasteiger partial charge is 0.272 e. The van der Waals surface area contributed by atoms with E-state index in [1.54, 1.807) is 0 Å². The molecule has 54 heavy (non-hydrogen) atoms. The van der Waals surface area contributed by atoms with E-state index in [1.165, 1.54) is 57.1 Å². The predicted octanol–water partition coefficient (Wildman–Crippen LogP) is 13.1. The summed E-state index contributed by atoms with van der Waals surface area (Å²) in [7, 11) is -10.8. The molecule has 0 radical (unpaired) electrons. The standard InChI is InChI=1S/C45H76O7P2/c1-37(2)19-11-20-38(3)21-12-22-39(4)23-13-24-40(5)25-14-26-41(6)27-15-28-42(7)29-16-30-43(8)31-17-32-44(9)33-18-34-45(10)35-36-51-54(49,50)52-53(46,47)48/h19,21,23,25,27,29,31,33,35H,11-18,20,22,24,26,28,30,32,34,36H2,1-10H3,(H,49,50)(H2,46,47,48)/p-3/b38-21+,39-23-,40-25-,41-27+,42-29+,43-31+,44-33+,45-35+. The lowest BCUT2D eigenvalue weighted by atomic mass is 10.0. The van der Waals surface area contributed by atoms with Crippen molar-refractivity contribution in [1.82, 2.24) is 0 Å². The molecule has 7 nitrogen and oxygen atoms in total. The van der Waals surface area contributed by atoms with Crippen molar-refractivity contribution in [2.75, 3.05) is 6.61 Å². The molecule has 1 atom stereocenters. The Morgan fingerprint density at radius 2 is 0.611 bits per heavy atom. The molecular formula is C45H73O7P2-3. The lowest BCUT2D eigenvalue weighted by Gasteiger charge is -2.34. The first-order chi connectivity index (χ1) is 25.3. The maximum atomic E-state index is 11.3. The summed E-state index contributed by atoms with van der Waals surface area (Å²) in [5, 5.41) is 0. The Hall–Kier alpha value is -2.08. The molecule has 0 bridgehead atoms. The van der Waals surface area contributed by atoms with Gasteiger partial charge < -0.3 is 23.8 Å². The van der Waals surface area contributed by atoms with Crippen LogP contribution in [0.1, 0.15) is 172 Å². The second-order valence-electron chi connectivity index (χ2n) is 15.3. The lowest BCUT2D eigenvalue weighted by Crippen LogP contribution is -2.19. The topological polar surface area (TPSA) is 122 Å². The third-order valence-corrected chi connectivity index (χ3v) is 11.2. The van der Waals surface area contributed by atoms with Crippen LogP contribution < -0.4 is 14.7 Å². The highest BCUT2D eigenvalue weighted by atomic mass is 31.3. The van der Waals surface area contributed by atoms with Crippen LogP contribution >= 0.6 is 15.6 Å². The quantitative estimate of drug-likeness (QED) is 0.0546. The minimum atomic E-state index is -5.67. The molecule has 0 amide bonds. The van der Waals surface area contributed by atoms with Gasteiger partial charge in [-0.05, 0) is 172 Å². The third-order valence-electron chi connectivity index (χ3n) is 9.18. The van der Waals surface area contributed by atoms with Gasteiger partial charge in [0.15, 0.2) is 0 Å². The van der Waals surface area contributed by atoms with Gasteiger partial charge in [-0.15, -0.1) is 0 Å². The van der Waals surface area contributed by atoms with E-state index in [0.29, 0.717) is 6.42 Å². The fourth-order valence-corrected chi connectivity index (χ4v) is 7.07. The lowest BCUT2D eigenvalue weighted by molar-refractivity contribution is -0.339. The molecule has 9 heteroatoms. The molecular weight excluding hydrogens is 714 g/mol. The molecule has 0 saturated heterocycles. The summed E-state index contributed by atoms with van der Waals surface area (Å²) in [6.07, 6.45) is 37.4. The zero-order valence-electron chi connectivity index (χ0n) is 35.5. The molecule has 1 unspecified atom stereocenters. The van der Waals surface area contributed by atoms with Crippen LogP contribution in [0.4, 0.5) is 0 Å². The maximum Gasteiger partial charge on any atom is 0.272 e. The summed E-state index contributed by atoms with van der Waals surface area (Å²) in [5.74, 6) is 0. The summed E-state index contributed by atoms with van der Waals surface area (Å²) < 4.78 is 29.6. The molecule has 0 heterocycles. The molecule has 0 rings (SSSR count). The van der Waals surface area contributed by atoms with Gasteiger partial charge in [0.2, 0.25) is 0 Å². The van der Waals surface area contributed by atoms with Gasteiger partial charge in [-0.2, -0.15) is 0 Å². The van der Waals surface area contributed by atoms with Gasteiger partial charge in [-0.25, -0.2) is 0 Å². The maximum absolute atomic E-state index is 11.3. The first kappa shape index (κ1) is 51.9. The Bertz CT molecular complexity index is 1470. The van der Waals surface area contributed by atoms with Crippen LogP contribution in [0.15, 0.2) is 105 Å². The number of phosphoric ester groups is 1. The summed E-state index contributed by atoms with van der Waals surface area (Å²) in [5.41, 5.74) is 12.4. The number of hydrogen-bond acceptors (Lipinski definition) is 7. The van der Waals surface area contributed by atoms with Crippen molar-refractivity contribution in [3.8, 4) is 0 Å². The fraction of sp³-hybridized carbons (Fsp3) is 0.600. The summed E-state index contributed by atoms with van der Waals surface area (Å²) in [6.45, 7) is 21.4. The van der Waals surface area contributed by atoms with E-state index in [1.807, 2.05) is 6.92 Å². The molecule has 0 aliphatic heterocycles. The molecule has 0 aromatic heterocycles. The van der Waals surface area contributed by atoms with Gasteiger partial charge in [0.25, 0.3) is 7.82 Å². The van der Waals surface area contributed by atoms with E-state index in [2.05, 4.69) is 120 Å². The van der Waals surface area contributed by atoms with Crippen molar-refractivity contribution in [1.29, 1.82) is 0 Å². The van der Waals surface area contributed by atoms with Crippen molar-refractivity contribution >= 4 is 15.6 Å². The van der Waals surface area contributed by atoms with E-state index >= 15 is 0 Å². The highest BCUT2D eigenvalue weighted by Gasteiger charge is 2.10. The van der Waals surface area contributed by atoms with Crippen molar-refractivity contribution in [3.05, 3.63) is 105 Å². The number of phosphoric acid groups is 2. The Kier molecular flexibility index (Phi) is 28.9. The van der Waals surface area contributed by atoms with E-state index in [0.717, 1.165) is 95.5 Å². The van der Waals surface area contributed by atoms with Crippen LogP contribution in [0, 0.1) is 0 Å². The normalized spacial score (nSPS) is 15.9. The monoisotopic (exact) mass is 787 g/mol. The van der Waals surface area contributed by atoms with Gasteiger partial charge in [0, 0.05) is 0 Å². The van der Waals surface area contributed by atoms with Gasteiger partial charge in [-0.3, -0.25) is 8.88 Å². The van der Waals surface area contributed by atoms with Gasteiger partial charge in [0.1, 0.15) is 0 Å². The molecule has 0 aliphatic carbocycles. The molecule has 0 aromatic carbocycles. The molecule has 0 aliphatic rings. The van der Waals surface area contributed by atoms with Crippen molar-refractivity contribution in [2.24, 2.45) is 0 Å². The highest BCUT2D eigenvalue weighted by Crippen LogP contribution is 2.50.